The highest BCUT2D eigenvalue weighted by molar-refractivity contribution is 9.10. The average molecular weight is 386 g/mol. The van der Waals surface area contributed by atoms with Gasteiger partial charge in [0.1, 0.15) is 5.82 Å². The van der Waals surface area contributed by atoms with Gasteiger partial charge in [0.15, 0.2) is 9.84 Å². The molecule has 116 valence electrons. The van der Waals surface area contributed by atoms with E-state index in [0.717, 1.165) is 6.26 Å². The lowest BCUT2D eigenvalue weighted by Gasteiger charge is -2.10. The van der Waals surface area contributed by atoms with Gasteiger partial charge in [-0.1, -0.05) is 28.1 Å². The Hall–Kier alpha value is -1.73. The molecule has 0 aliphatic carbocycles. The normalized spacial score (nSPS) is 11.2. The molecule has 0 unspecified atom stereocenters. The van der Waals surface area contributed by atoms with Crippen molar-refractivity contribution in [1.82, 2.24) is 5.32 Å². The summed E-state index contributed by atoms with van der Waals surface area (Å²) in [6.45, 7) is 0.0786. The minimum atomic E-state index is -3.51. The molecule has 0 bridgehead atoms. The third-order valence-corrected chi connectivity index (χ3v) is 4.91. The number of carbonyl (C=O) groups excluding carboxylic acids is 1. The van der Waals surface area contributed by atoms with Gasteiger partial charge in [-0.15, -0.1) is 0 Å². The number of benzene rings is 2. The van der Waals surface area contributed by atoms with E-state index in [1.54, 1.807) is 18.2 Å². The maximum atomic E-state index is 13.2. The Balaban J connectivity index is 2.22. The van der Waals surface area contributed by atoms with Crippen LogP contribution in [-0.2, 0) is 16.4 Å². The first-order chi connectivity index (χ1) is 10.3. The second kappa shape index (κ2) is 6.58. The van der Waals surface area contributed by atoms with Crippen LogP contribution in [0.5, 0.6) is 0 Å². The van der Waals surface area contributed by atoms with Gasteiger partial charge in [-0.25, -0.2) is 12.8 Å². The van der Waals surface area contributed by atoms with Crippen LogP contribution in [0.25, 0.3) is 0 Å². The fourth-order valence-corrected chi connectivity index (χ4v) is 3.20. The van der Waals surface area contributed by atoms with Gasteiger partial charge in [-0.05, 0) is 35.9 Å². The molecular weight excluding hydrogens is 373 g/mol. The summed E-state index contributed by atoms with van der Waals surface area (Å²) in [7, 11) is -3.51. The van der Waals surface area contributed by atoms with E-state index < -0.39 is 21.6 Å². The maximum absolute atomic E-state index is 13.2. The fourth-order valence-electron chi connectivity index (χ4n) is 1.93. The monoisotopic (exact) mass is 385 g/mol. The molecule has 0 radical (unpaired) electrons. The third kappa shape index (κ3) is 3.92. The van der Waals surface area contributed by atoms with Crippen LogP contribution >= 0.6 is 15.9 Å². The highest BCUT2D eigenvalue weighted by Gasteiger charge is 2.18. The van der Waals surface area contributed by atoms with Crippen molar-refractivity contribution in [2.45, 2.75) is 11.4 Å². The molecule has 2 aromatic rings. The minimum Gasteiger partial charge on any atom is -0.348 e. The van der Waals surface area contributed by atoms with Crippen LogP contribution in [-0.4, -0.2) is 20.6 Å². The number of carbonyl (C=O) groups is 1. The zero-order chi connectivity index (χ0) is 16.3. The molecule has 0 saturated heterocycles. The van der Waals surface area contributed by atoms with E-state index in [2.05, 4.69) is 21.2 Å². The molecule has 0 heterocycles. The molecule has 0 aliphatic heterocycles. The number of hydrogen-bond acceptors (Lipinski definition) is 3. The van der Waals surface area contributed by atoms with Crippen LogP contribution in [0.3, 0.4) is 0 Å². The summed E-state index contributed by atoms with van der Waals surface area (Å²) in [5.74, 6) is -0.943. The van der Waals surface area contributed by atoms with Crippen molar-refractivity contribution in [1.29, 1.82) is 0 Å². The van der Waals surface area contributed by atoms with Gasteiger partial charge in [0, 0.05) is 17.3 Å². The summed E-state index contributed by atoms with van der Waals surface area (Å²) in [5.41, 5.74) is 0.628. The first kappa shape index (κ1) is 16.6. The summed E-state index contributed by atoms with van der Waals surface area (Å²) in [5, 5.41) is 2.60. The zero-order valence-electron chi connectivity index (χ0n) is 11.6. The molecule has 0 saturated carbocycles. The van der Waals surface area contributed by atoms with Gasteiger partial charge in [0.2, 0.25) is 0 Å². The Kier molecular flexibility index (Phi) is 4.97. The van der Waals surface area contributed by atoms with Gasteiger partial charge < -0.3 is 5.32 Å². The summed E-state index contributed by atoms with van der Waals surface area (Å²) in [4.78, 5) is 12.2. The average Bonchev–Trinajstić information content (AvgIpc) is 2.47. The molecule has 2 aromatic carbocycles. The molecule has 4 nitrogen and oxygen atoms in total. The smallest absolute Gasteiger partial charge is 0.252 e. The number of rotatable bonds is 4. The third-order valence-electron chi connectivity index (χ3n) is 2.98. The predicted octanol–water partition coefficient (Wildman–Crippen LogP) is 2.92. The standard InChI is InChI=1S/C15H13BrFNO3S/c1-22(20,21)14-5-3-2-4-12(14)15(19)18-9-10-8-11(17)6-7-13(10)16/h2-8H,9H2,1H3,(H,18,19). The molecule has 1 amide bonds. The van der Waals surface area contributed by atoms with Crippen molar-refractivity contribution in [2.24, 2.45) is 0 Å². The number of halogens is 2. The molecule has 22 heavy (non-hydrogen) atoms. The second-order valence-electron chi connectivity index (χ2n) is 4.69. The van der Waals surface area contributed by atoms with Crippen LogP contribution in [0, 0.1) is 5.82 Å². The molecule has 1 N–H and O–H groups in total. The predicted molar refractivity (Wildman–Crippen MR) is 84.8 cm³/mol. The lowest BCUT2D eigenvalue weighted by molar-refractivity contribution is 0.0947. The van der Waals surface area contributed by atoms with E-state index in [1.165, 1.54) is 24.3 Å². The molecular formula is C15H13BrFNO3S. The molecule has 0 fully saturated rings. The second-order valence-corrected chi connectivity index (χ2v) is 7.53. The Labute approximate surface area is 136 Å². The quantitative estimate of drug-likeness (QED) is 0.879. The first-order valence-electron chi connectivity index (χ1n) is 6.30. The van der Waals surface area contributed by atoms with E-state index in [0.29, 0.717) is 10.0 Å². The topological polar surface area (TPSA) is 63.2 Å². The van der Waals surface area contributed by atoms with Crippen molar-refractivity contribution in [3.63, 3.8) is 0 Å². The molecule has 0 aromatic heterocycles. The van der Waals surface area contributed by atoms with Gasteiger partial charge in [0.05, 0.1) is 10.5 Å². The van der Waals surface area contributed by atoms with Crippen LogP contribution in [0.4, 0.5) is 4.39 Å². The first-order valence-corrected chi connectivity index (χ1v) is 8.98. The summed E-state index contributed by atoms with van der Waals surface area (Å²) in [6, 6.07) is 10.1. The SMILES string of the molecule is CS(=O)(=O)c1ccccc1C(=O)NCc1cc(F)ccc1Br. The van der Waals surface area contributed by atoms with Gasteiger partial charge in [0.25, 0.3) is 5.91 Å². The lowest BCUT2D eigenvalue weighted by atomic mass is 10.2. The highest BCUT2D eigenvalue weighted by Crippen LogP contribution is 2.19. The fraction of sp³-hybridized carbons (Fsp3) is 0.133. The number of amides is 1. The van der Waals surface area contributed by atoms with Crippen molar-refractivity contribution < 1.29 is 17.6 Å². The Morgan fingerprint density at radius 2 is 1.91 bits per heavy atom. The van der Waals surface area contributed by atoms with Crippen LogP contribution in [0.2, 0.25) is 0 Å². The number of nitrogens with one attached hydrogen (secondary N) is 1. The van der Waals surface area contributed by atoms with E-state index >= 15 is 0 Å². The van der Waals surface area contributed by atoms with E-state index in [4.69, 9.17) is 0 Å². The number of hydrogen-bond donors (Lipinski definition) is 1. The summed E-state index contributed by atoms with van der Waals surface area (Å²) >= 11 is 3.27. The zero-order valence-corrected chi connectivity index (χ0v) is 14.0. The van der Waals surface area contributed by atoms with Crippen LogP contribution < -0.4 is 5.32 Å². The van der Waals surface area contributed by atoms with E-state index in [9.17, 15) is 17.6 Å². The molecule has 7 heteroatoms. The highest BCUT2D eigenvalue weighted by atomic mass is 79.9. The van der Waals surface area contributed by atoms with Crippen molar-refractivity contribution in [3.05, 3.63) is 63.9 Å². The molecule has 2 rings (SSSR count). The Morgan fingerprint density at radius 3 is 2.59 bits per heavy atom. The summed E-state index contributed by atoms with van der Waals surface area (Å²) < 4.78 is 37.2. The van der Waals surface area contributed by atoms with Crippen LogP contribution in [0.1, 0.15) is 15.9 Å². The van der Waals surface area contributed by atoms with Crippen molar-refractivity contribution in [2.75, 3.05) is 6.26 Å². The maximum Gasteiger partial charge on any atom is 0.252 e. The van der Waals surface area contributed by atoms with E-state index in [-0.39, 0.29) is 17.0 Å². The Morgan fingerprint density at radius 1 is 1.23 bits per heavy atom. The molecule has 0 aliphatic rings. The molecule has 0 atom stereocenters. The van der Waals surface area contributed by atoms with E-state index in [1.807, 2.05) is 0 Å². The largest absolute Gasteiger partial charge is 0.348 e. The number of sulfone groups is 1. The van der Waals surface area contributed by atoms with Gasteiger partial charge in [-0.2, -0.15) is 0 Å². The summed E-state index contributed by atoms with van der Waals surface area (Å²) in [6.07, 6.45) is 1.04. The van der Waals surface area contributed by atoms with Crippen molar-refractivity contribution >= 4 is 31.7 Å². The van der Waals surface area contributed by atoms with Gasteiger partial charge >= 0.3 is 0 Å². The van der Waals surface area contributed by atoms with Crippen LogP contribution in [0.15, 0.2) is 51.8 Å². The van der Waals surface area contributed by atoms with Crippen molar-refractivity contribution in [3.8, 4) is 0 Å². The lowest BCUT2D eigenvalue weighted by Crippen LogP contribution is -2.24. The van der Waals surface area contributed by atoms with Gasteiger partial charge in [-0.3, -0.25) is 4.79 Å². The Bertz CT molecular complexity index is 821. The molecule has 0 spiro atoms. The minimum absolute atomic E-state index is 0.0363.